The summed E-state index contributed by atoms with van der Waals surface area (Å²) in [6.07, 6.45) is 27.3. The van der Waals surface area contributed by atoms with Gasteiger partial charge in [-0.2, -0.15) is 0 Å². The van der Waals surface area contributed by atoms with Gasteiger partial charge in [0.05, 0.1) is 0 Å². The molecule has 0 radical (unpaired) electrons. The van der Waals surface area contributed by atoms with Crippen molar-refractivity contribution in [1.29, 1.82) is 0 Å². The van der Waals surface area contributed by atoms with Gasteiger partial charge in [-0.05, 0) is 58.3 Å². The Bertz CT molecular complexity index is 322. The van der Waals surface area contributed by atoms with Crippen molar-refractivity contribution in [3.05, 3.63) is 0 Å². The Hall–Kier alpha value is -0.160. The van der Waals surface area contributed by atoms with Crippen LogP contribution in [0, 0.1) is 0 Å². The van der Waals surface area contributed by atoms with Crippen molar-refractivity contribution in [3.63, 3.8) is 0 Å². The maximum atomic E-state index is 3.74. The van der Waals surface area contributed by atoms with E-state index in [1.165, 1.54) is 142 Å². The summed E-state index contributed by atoms with van der Waals surface area (Å²) in [7, 11) is 0. The fraction of sp³-hybridized carbons (Fsp3) is 1.00. The second-order valence-corrected chi connectivity index (χ2v) is 10.5. The summed E-state index contributed by atoms with van der Waals surface area (Å²) in [6, 6.07) is 0.823. The Balaban J connectivity index is 1.83. The molecule has 0 amide bonds. The molecule has 32 heavy (non-hydrogen) atoms. The first kappa shape index (κ1) is 28.1. The highest BCUT2D eigenvalue weighted by Gasteiger charge is 2.17. The lowest BCUT2D eigenvalue weighted by Gasteiger charge is -2.32. The van der Waals surface area contributed by atoms with E-state index in [1.54, 1.807) is 0 Å². The number of hydrogen-bond donors (Lipinski definition) is 3. The molecule has 3 N–H and O–H groups in total. The normalized spacial score (nSPS) is 25.9. The number of rotatable bonds is 1. The summed E-state index contributed by atoms with van der Waals surface area (Å²) in [6.45, 7) is 9.42. The predicted octanol–water partition coefficient (Wildman–Crippen LogP) is 5.86. The Kier molecular flexibility index (Phi) is 18.8. The minimum atomic E-state index is 0.823. The molecule has 1 saturated carbocycles. The van der Waals surface area contributed by atoms with Gasteiger partial charge in [0.1, 0.15) is 0 Å². The van der Waals surface area contributed by atoms with E-state index in [2.05, 4.69) is 20.9 Å². The van der Waals surface area contributed by atoms with Crippen LogP contribution in [0.4, 0.5) is 0 Å². The molecular formula is C28H58N4. The molecule has 1 aliphatic carbocycles. The monoisotopic (exact) mass is 450 g/mol. The fourth-order valence-corrected chi connectivity index (χ4v) is 5.55. The molecule has 4 nitrogen and oxygen atoms in total. The second-order valence-electron chi connectivity index (χ2n) is 10.5. The molecule has 0 aromatic rings. The zero-order valence-electron chi connectivity index (χ0n) is 21.6. The molecule has 1 heterocycles. The SMILES string of the molecule is C1CCCCCCCC(N2CCCCCNCCNCCCNCC2)CCCCCCC1. The van der Waals surface area contributed by atoms with Crippen molar-refractivity contribution in [3.8, 4) is 0 Å². The molecule has 2 aliphatic rings. The zero-order chi connectivity index (χ0) is 22.4. The first-order chi connectivity index (χ1) is 16.0. The van der Waals surface area contributed by atoms with Gasteiger partial charge >= 0.3 is 0 Å². The van der Waals surface area contributed by atoms with Crippen LogP contribution in [0.2, 0.25) is 0 Å². The van der Waals surface area contributed by atoms with Gasteiger partial charge in [-0.25, -0.2) is 0 Å². The van der Waals surface area contributed by atoms with Crippen LogP contribution in [0.15, 0.2) is 0 Å². The molecule has 190 valence electrons. The van der Waals surface area contributed by atoms with Crippen molar-refractivity contribution >= 4 is 0 Å². The standard InChI is InChI=1S/C28H58N4/c1-2-4-6-8-10-13-18-28(19-14-11-9-7-5-3-1)32-26-16-12-15-20-29-23-24-30-21-17-22-31-25-27-32/h28-31H,1-27H2. The van der Waals surface area contributed by atoms with Crippen LogP contribution in [-0.4, -0.2) is 63.3 Å². The van der Waals surface area contributed by atoms with Gasteiger partial charge in [-0.1, -0.05) is 89.9 Å². The highest BCUT2D eigenvalue weighted by atomic mass is 15.2. The van der Waals surface area contributed by atoms with E-state index in [0.717, 1.165) is 38.8 Å². The minimum Gasteiger partial charge on any atom is -0.315 e. The predicted molar refractivity (Wildman–Crippen MR) is 142 cm³/mol. The first-order valence-corrected chi connectivity index (χ1v) is 14.8. The third-order valence-electron chi connectivity index (χ3n) is 7.65. The Labute approximate surface area is 201 Å². The molecule has 1 saturated heterocycles. The van der Waals surface area contributed by atoms with E-state index in [-0.39, 0.29) is 0 Å². The molecule has 0 spiro atoms. The molecular weight excluding hydrogens is 392 g/mol. The minimum absolute atomic E-state index is 0.823. The molecule has 1 aliphatic heterocycles. The molecule has 0 aromatic carbocycles. The lowest BCUT2D eigenvalue weighted by molar-refractivity contribution is 0.167. The van der Waals surface area contributed by atoms with Gasteiger partial charge < -0.3 is 16.0 Å². The molecule has 0 unspecified atom stereocenters. The van der Waals surface area contributed by atoms with Crippen molar-refractivity contribution < 1.29 is 0 Å². The number of nitrogens with zero attached hydrogens (tertiary/aromatic N) is 1. The Morgan fingerprint density at radius 3 is 1.34 bits per heavy atom. The van der Waals surface area contributed by atoms with Gasteiger partial charge in [0, 0.05) is 32.2 Å². The van der Waals surface area contributed by atoms with Crippen molar-refractivity contribution in [1.82, 2.24) is 20.9 Å². The highest BCUT2D eigenvalue weighted by Crippen LogP contribution is 2.20. The summed E-state index contributed by atoms with van der Waals surface area (Å²) in [5.41, 5.74) is 0. The smallest absolute Gasteiger partial charge is 0.0110 e. The summed E-state index contributed by atoms with van der Waals surface area (Å²) >= 11 is 0. The van der Waals surface area contributed by atoms with E-state index >= 15 is 0 Å². The zero-order valence-corrected chi connectivity index (χ0v) is 21.6. The van der Waals surface area contributed by atoms with Crippen LogP contribution >= 0.6 is 0 Å². The van der Waals surface area contributed by atoms with Crippen molar-refractivity contribution in [2.75, 3.05) is 52.4 Å². The first-order valence-electron chi connectivity index (χ1n) is 14.8. The van der Waals surface area contributed by atoms with E-state index in [0.29, 0.717) is 0 Å². The summed E-state index contributed by atoms with van der Waals surface area (Å²) in [4.78, 5) is 2.90. The lowest BCUT2D eigenvalue weighted by Crippen LogP contribution is -2.41. The van der Waals surface area contributed by atoms with Crippen molar-refractivity contribution in [2.45, 2.75) is 128 Å². The van der Waals surface area contributed by atoms with E-state index in [9.17, 15) is 0 Å². The highest BCUT2D eigenvalue weighted by molar-refractivity contribution is 4.74. The van der Waals surface area contributed by atoms with Crippen LogP contribution < -0.4 is 16.0 Å². The number of nitrogens with one attached hydrogen (secondary N) is 3. The van der Waals surface area contributed by atoms with Crippen LogP contribution in [-0.2, 0) is 0 Å². The molecule has 0 atom stereocenters. The quantitative estimate of drug-likeness (QED) is 0.467. The van der Waals surface area contributed by atoms with Gasteiger partial charge in [-0.3, -0.25) is 4.90 Å². The van der Waals surface area contributed by atoms with Gasteiger partial charge in [-0.15, -0.1) is 0 Å². The van der Waals surface area contributed by atoms with Crippen LogP contribution in [0.3, 0.4) is 0 Å². The van der Waals surface area contributed by atoms with E-state index in [1.807, 2.05) is 0 Å². The molecule has 2 fully saturated rings. The molecule has 2 rings (SSSR count). The maximum Gasteiger partial charge on any atom is 0.0110 e. The largest absolute Gasteiger partial charge is 0.315 e. The maximum absolute atomic E-state index is 3.74. The van der Waals surface area contributed by atoms with Crippen molar-refractivity contribution in [2.24, 2.45) is 0 Å². The third kappa shape index (κ3) is 15.6. The van der Waals surface area contributed by atoms with E-state index in [4.69, 9.17) is 0 Å². The fourth-order valence-electron chi connectivity index (χ4n) is 5.55. The average Bonchev–Trinajstić information content (AvgIpc) is 2.79. The Morgan fingerprint density at radius 1 is 0.344 bits per heavy atom. The van der Waals surface area contributed by atoms with Gasteiger partial charge in [0.25, 0.3) is 0 Å². The van der Waals surface area contributed by atoms with Gasteiger partial charge in [0.15, 0.2) is 0 Å². The molecule has 4 heteroatoms. The third-order valence-corrected chi connectivity index (χ3v) is 7.65. The number of hydrogen-bond acceptors (Lipinski definition) is 4. The van der Waals surface area contributed by atoms with Gasteiger partial charge in [0.2, 0.25) is 0 Å². The Morgan fingerprint density at radius 2 is 0.781 bits per heavy atom. The van der Waals surface area contributed by atoms with E-state index < -0.39 is 0 Å². The van der Waals surface area contributed by atoms with Crippen LogP contribution in [0.1, 0.15) is 122 Å². The second kappa shape index (κ2) is 21.4. The molecule has 0 bridgehead atoms. The summed E-state index contributed by atoms with van der Waals surface area (Å²) < 4.78 is 0. The summed E-state index contributed by atoms with van der Waals surface area (Å²) in [5.74, 6) is 0. The summed E-state index contributed by atoms with van der Waals surface area (Å²) in [5, 5.41) is 10.9. The van der Waals surface area contributed by atoms with Crippen LogP contribution in [0.5, 0.6) is 0 Å². The lowest BCUT2D eigenvalue weighted by atomic mass is 9.97. The molecule has 0 aromatic heterocycles. The topological polar surface area (TPSA) is 39.3 Å². The average molecular weight is 451 g/mol. The van der Waals surface area contributed by atoms with Crippen LogP contribution in [0.25, 0.3) is 0 Å².